The van der Waals surface area contributed by atoms with Gasteiger partial charge in [0.2, 0.25) is 0 Å². The van der Waals surface area contributed by atoms with Gasteiger partial charge in [-0.2, -0.15) is 0 Å². The number of aromatic nitrogens is 1. The molecule has 0 spiro atoms. The molecule has 1 heterocycles. The van der Waals surface area contributed by atoms with Gasteiger partial charge in [-0.05, 0) is 6.08 Å². The molecule has 0 saturated carbocycles. The smallest absolute Gasteiger partial charge is 0.179 e. The van der Waals surface area contributed by atoms with E-state index in [0.717, 1.165) is 5.69 Å². The lowest BCUT2D eigenvalue weighted by atomic mass is 10.3. The zero-order valence-electron chi connectivity index (χ0n) is 7.20. The second-order valence-corrected chi connectivity index (χ2v) is 2.17. The Kier molecular flexibility index (Phi) is 2.69. The molecule has 0 fully saturated rings. The minimum atomic E-state index is 0.628. The molecule has 0 saturated heterocycles. The van der Waals surface area contributed by atoms with Gasteiger partial charge in [0.1, 0.15) is 0 Å². The summed E-state index contributed by atoms with van der Waals surface area (Å²) in [5, 5.41) is 0. The van der Waals surface area contributed by atoms with E-state index in [2.05, 4.69) is 11.6 Å². The molecule has 0 aliphatic rings. The van der Waals surface area contributed by atoms with E-state index in [1.165, 1.54) is 0 Å². The van der Waals surface area contributed by atoms with Crippen molar-refractivity contribution < 1.29 is 9.47 Å². The van der Waals surface area contributed by atoms with E-state index >= 15 is 0 Å². The molecule has 0 bridgehead atoms. The first-order valence-corrected chi connectivity index (χ1v) is 3.52. The first kappa shape index (κ1) is 8.59. The van der Waals surface area contributed by atoms with E-state index < -0.39 is 0 Å². The third kappa shape index (κ3) is 1.56. The van der Waals surface area contributed by atoms with Crippen molar-refractivity contribution in [3.63, 3.8) is 0 Å². The van der Waals surface area contributed by atoms with Gasteiger partial charge in [0, 0.05) is 6.07 Å². The van der Waals surface area contributed by atoms with E-state index in [1.807, 2.05) is 0 Å². The maximum absolute atomic E-state index is 5.07. The van der Waals surface area contributed by atoms with Crippen LogP contribution in [0.5, 0.6) is 11.5 Å². The monoisotopic (exact) mass is 165 g/mol. The number of hydrogen-bond acceptors (Lipinski definition) is 3. The van der Waals surface area contributed by atoms with Gasteiger partial charge in [0.05, 0.1) is 26.1 Å². The standard InChI is InChI=1S/C9H11NO2/c1-4-7-5-8(11-2)9(12-3)6-10-7/h4-6H,1H2,2-3H3. The highest BCUT2D eigenvalue weighted by molar-refractivity contribution is 5.49. The summed E-state index contributed by atoms with van der Waals surface area (Å²) in [6.45, 7) is 3.60. The van der Waals surface area contributed by atoms with Crippen molar-refractivity contribution in [1.29, 1.82) is 0 Å². The summed E-state index contributed by atoms with van der Waals surface area (Å²) < 4.78 is 10.1. The Balaban J connectivity index is 3.10. The minimum Gasteiger partial charge on any atom is -0.493 e. The van der Waals surface area contributed by atoms with Gasteiger partial charge >= 0.3 is 0 Å². The van der Waals surface area contributed by atoms with Crippen molar-refractivity contribution in [2.75, 3.05) is 14.2 Å². The van der Waals surface area contributed by atoms with Crippen LogP contribution in [-0.2, 0) is 0 Å². The van der Waals surface area contributed by atoms with Gasteiger partial charge in [-0.25, -0.2) is 0 Å². The fraction of sp³-hybridized carbons (Fsp3) is 0.222. The van der Waals surface area contributed by atoms with Crippen molar-refractivity contribution in [2.24, 2.45) is 0 Å². The van der Waals surface area contributed by atoms with Gasteiger partial charge < -0.3 is 9.47 Å². The van der Waals surface area contributed by atoms with Crippen molar-refractivity contribution in [1.82, 2.24) is 4.98 Å². The molecule has 1 aromatic rings. The van der Waals surface area contributed by atoms with Crippen LogP contribution in [-0.4, -0.2) is 19.2 Å². The van der Waals surface area contributed by atoms with Crippen molar-refractivity contribution in [2.45, 2.75) is 0 Å². The maximum Gasteiger partial charge on any atom is 0.179 e. The Labute approximate surface area is 71.6 Å². The zero-order chi connectivity index (χ0) is 8.97. The molecule has 3 heteroatoms. The molecule has 3 nitrogen and oxygen atoms in total. The van der Waals surface area contributed by atoms with E-state index in [0.29, 0.717) is 11.5 Å². The molecule has 0 aliphatic heterocycles. The van der Waals surface area contributed by atoms with Crippen LogP contribution in [0, 0.1) is 0 Å². The number of rotatable bonds is 3. The molecule has 0 N–H and O–H groups in total. The van der Waals surface area contributed by atoms with Crippen LogP contribution < -0.4 is 9.47 Å². The van der Waals surface area contributed by atoms with Crippen LogP contribution in [0.25, 0.3) is 6.08 Å². The van der Waals surface area contributed by atoms with Gasteiger partial charge in [-0.1, -0.05) is 6.58 Å². The molecule has 0 aliphatic carbocycles. The van der Waals surface area contributed by atoms with Gasteiger partial charge in [0.15, 0.2) is 11.5 Å². The number of methoxy groups -OCH3 is 2. The first-order chi connectivity index (χ1) is 5.81. The summed E-state index contributed by atoms with van der Waals surface area (Å²) in [5.74, 6) is 1.30. The average Bonchev–Trinajstić information content (AvgIpc) is 2.16. The normalized spacial score (nSPS) is 9.17. The number of ether oxygens (including phenoxy) is 2. The molecule has 0 radical (unpaired) electrons. The van der Waals surface area contributed by atoms with Crippen LogP contribution in [0.15, 0.2) is 18.8 Å². The molecular weight excluding hydrogens is 154 g/mol. The van der Waals surface area contributed by atoms with Gasteiger partial charge in [-0.3, -0.25) is 4.98 Å². The average molecular weight is 165 g/mol. The van der Waals surface area contributed by atoms with Crippen molar-refractivity contribution in [3.05, 3.63) is 24.5 Å². The van der Waals surface area contributed by atoms with Crippen LogP contribution in [0.3, 0.4) is 0 Å². The highest BCUT2D eigenvalue weighted by Gasteiger charge is 2.02. The molecular formula is C9H11NO2. The molecule has 0 atom stereocenters. The predicted octanol–water partition coefficient (Wildman–Crippen LogP) is 1.74. The van der Waals surface area contributed by atoms with Gasteiger partial charge in [0.25, 0.3) is 0 Å². The van der Waals surface area contributed by atoms with Crippen LogP contribution >= 0.6 is 0 Å². The highest BCUT2D eigenvalue weighted by atomic mass is 16.5. The molecule has 0 aromatic carbocycles. The largest absolute Gasteiger partial charge is 0.493 e. The first-order valence-electron chi connectivity index (χ1n) is 3.52. The second-order valence-electron chi connectivity index (χ2n) is 2.17. The molecule has 0 amide bonds. The van der Waals surface area contributed by atoms with Crippen molar-refractivity contribution in [3.8, 4) is 11.5 Å². The minimum absolute atomic E-state index is 0.628. The fourth-order valence-corrected chi connectivity index (χ4v) is 0.864. The molecule has 1 aromatic heterocycles. The Morgan fingerprint density at radius 1 is 1.33 bits per heavy atom. The number of pyridine rings is 1. The topological polar surface area (TPSA) is 31.4 Å². The summed E-state index contributed by atoms with van der Waals surface area (Å²) in [4.78, 5) is 4.05. The second kappa shape index (κ2) is 3.76. The highest BCUT2D eigenvalue weighted by Crippen LogP contribution is 2.25. The Bertz CT molecular complexity index is 284. The van der Waals surface area contributed by atoms with E-state index in [-0.39, 0.29) is 0 Å². The Morgan fingerprint density at radius 2 is 2.00 bits per heavy atom. The summed E-state index contributed by atoms with van der Waals surface area (Å²) in [7, 11) is 3.16. The molecule has 12 heavy (non-hydrogen) atoms. The van der Waals surface area contributed by atoms with Gasteiger partial charge in [-0.15, -0.1) is 0 Å². The Hall–Kier alpha value is -1.51. The zero-order valence-corrected chi connectivity index (χ0v) is 7.20. The lowest BCUT2D eigenvalue weighted by Crippen LogP contribution is -1.92. The number of nitrogens with zero attached hydrogens (tertiary/aromatic N) is 1. The van der Waals surface area contributed by atoms with Crippen molar-refractivity contribution >= 4 is 6.08 Å². The van der Waals surface area contributed by atoms with E-state index in [9.17, 15) is 0 Å². The van der Waals surface area contributed by atoms with E-state index in [1.54, 1.807) is 32.6 Å². The predicted molar refractivity (Wildman–Crippen MR) is 47.4 cm³/mol. The third-order valence-corrected chi connectivity index (χ3v) is 1.50. The lowest BCUT2D eigenvalue weighted by molar-refractivity contribution is 0.353. The Morgan fingerprint density at radius 3 is 2.50 bits per heavy atom. The summed E-state index contributed by atoms with van der Waals surface area (Å²) in [5.41, 5.74) is 0.771. The SMILES string of the molecule is C=Cc1cc(OC)c(OC)cn1. The van der Waals surface area contributed by atoms with Crippen LogP contribution in [0.1, 0.15) is 5.69 Å². The van der Waals surface area contributed by atoms with Crippen LogP contribution in [0.2, 0.25) is 0 Å². The molecule has 64 valence electrons. The van der Waals surface area contributed by atoms with E-state index in [4.69, 9.17) is 9.47 Å². The lowest BCUT2D eigenvalue weighted by Gasteiger charge is -2.06. The van der Waals surface area contributed by atoms with Crippen LogP contribution in [0.4, 0.5) is 0 Å². The summed E-state index contributed by atoms with van der Waals surface area (Å²) in [6, 6.07) is 1.77. The fourth-order valence-electron chi connectivity index (χ4n) is 0.864. The molecule has 0 unspecified atom stereocenters. The number of hydrogen-bond donors (Lipinski definition) is 0. The maximum atomic E-state index is 5.07. The summed E-state index contributed by atoms with van der Waals surface area (Å²) >= 11 is 0. The summed E-state index contributed by atoms with van der Waals surface area (Å²) in [6.07, 6.45) is 3.26. The quantitative estimate of drug-likeness (QED) is 0.683. The molecule has 1 rings (SSSR count). The third-order valence-electron chi connectivity index (χ3n) is 1.50.